The van der Waals surface area contributed by atoms with Gasteiger partial charge in [-0.3, -0.25) is 0 Å². The zero-order valence-electron chi connectivity index (χ0n) is 9.14. The number of halogens is 2. The summed E-state index contributed by atoms with van der Waals surface area (Å²) in [5, 5.41) is -5.18. The van der Waals surface area contributed by atoms with Gasteiger partial charge in [-0.25, -0.2) is 18.0 Å². The lowest BCUT2D eigenvalue weighted by atomic mass is 10.4. The van der Waals surface area contributed by atoms with E-state index < -0.39 is 40.5 Å². The Balaban J connectivity index is 4.22. The van der Waals surface area contributed by atoms with E-state index in [1.807, 2.05) is 0 Å². The summed E-state index contributed by atoms with van der Waals surface area (Å²) in [6.07, 6.45) is 0. The minimum absolute atomic E-state index is 0.0359. The lowest BCUT2D eigenvalue weighted by Gasteiger charge is -2.17. The molecule has 0 aliphatic carbocycles. The number of hydrogen-bond donors (Lipinski definition) is 0. The second kappa shape index (κ2) is 5.87. The molecule has 0 unspecified atom stereocenters. The van der Waals surface area contributed by atoms with Crippen LogP contribution in [0.5, 0.6) is 0 Å². The van der Waals surface area contributed by atoms with Crippen LogP contribution >= 0.6 is 0 Å². The molecule has 10 heteroatoms. The summed E-state index contributed by atoms with van der Waals surface area (Å²) in [6, 6.07) is 0. The van der Waals surface area contributed by atoms with Crippen LogP contribution in [0.2, 0.25) is 0 Å². The fourth-order valence-electron chi connectivity index (χ4n) is 0.578. The molecule has 0 heterocycles. The Bertz CT molecular complexity index is 454. The van der Waals surface area contributed by atoms with E-state index in [2.05, 4.69) is 16.1 Å². The number of ether oxygens (including phenoxy) is 2. The van der Waals surface area contributed by atoms with Gasteiger partial charge < -0.3 is 14.0 Å². The highest BCUT2D eigenvalue weighted by Gasteiger charge is 2.48. The molecule has 7 nitrogen and oxygen atoms in total. The predicted molar refractivity (Wildman–Crippen MR) is 51.4 cm³/mol. The molecule has 0 N–H and O–H groups in total. The van der Waals surface area contributed by atoms with Crippen molar-refractivity contribution >= 4 is 22.1 Å². The number of carbonyl (C=O) groups excluding carboxylic acids is 2. The van der Waals surface area contributed by atoms with Crippen molar-refractivity contribution in [3.63, 3.8) is 0 Å². The van der Waals surface area contributed by atoms with Crippen molar-refractivity contribution < 1.29 is 40.8 Å². The Kier molecular flexibility index (Phi) is 5.36. The van der Waals surface area contributed by atoms with Crippen LogP contribution in [0.15, 0.2) is 12.2 Å². The van der Waals surface area contributed by atoms with Crippen molar-refractivity contribution in [2.24, 2.45) is 0 Å². The maximum atomic E-state index is 12.5. The summed E-state index contributed by atoms with van der Waals surface area (Å²) in [4.78, 5) is 21.4. The van der Waals surface area contributed by atoms with E-state index in [9.17, 15) is 31.3 Å². The van der Waals surface area contributed by atoms with Gasteiger partial charge in [-0.05, 0) is 6.92 Å². The smallest absolute Gasteiger partial charge is 0.428 e. The summed E-state index contributed by atoms with van der Waals surface area (Å²) in [5.74, 6) is -3.36. The third-order valence-electron chi connectivity index (χ3n) is 1.45. The number of carbonyl (C=O) groups is 2. The summed E-state index contributed by atoms with van der Waals surface area (Å²) in [5.41, 5.74) is 0.0359. The van der Waals surface area contributed by atoms with Crippen LogP contribution in [0.4, 0.5) is 8.78 Å². The van der Waals surface area contributed by atoms with E-state index in [-0.39, 0.29) is 5.57 Å². The average molecular weight is 287 g/mol. The minimum Gasteiger partial charge on any atom is -0.743 e. The van der Waals surface area contributed by atoms with Gasteiger partial charge >= 0.3 is 17.2 Å². The molecule has 0 bridgehead atoms. The molecule has 0 aliphatic rings. The number of hydrogen-bond acceptors (Lipinski definition) is 7. The fraction of sp³-hybridized carbons (Fsp3) is 0.500. The van der Waals surface area contributed by atoms with Crippen LogP contribution in [0, 0.1) is 0 Å². The van der Waals surface area contributed by atoms with Gasteiger partial charge in [-0.2, -0.15) is 8.78 Å². The van der Waals surface area contributed by atoms with Crippen LogP contribution in [0.25, 0.3) is 0 Å². The molecule has 0 spiro atoms. The molecule has 0 rings (SSSR count). The number of rotatable bonds is 6. The van der Waals surface area contributed by atoms with E-state index in [1.54, 1.807) is 0 Å². The molecule has 0 saturated carbocycles. The van der Waals surface area contributed by atoms with Crippen molar-refractivity contribution in [3.05, 3.63) is 12.2 Å². The SMILES string of the molecule is C=C(C)C(=O)OCCOC(=O)C(F)(F)S(=O)(=O)[O-]. The second-order valence-electron chi connectivity index (χ2n) is 3.02. The molecule has 0 saturated heterocycles. The van der Waals surface area contributed by atoms with Gasteiger partial charge in [0.15, 0.2) is 10.1 Å². The quantitative estimate of drug-likeness (QED) is 0.287. The Labute approximate surface area is 101 Å². The minimum atomic E-state index is -6.15. The van der Waals surface area contributed by atoms with Crippen LogP contribution < -0.4 is 0 Å². The highest BCUT2D eigenvalue weighted by Crippen LogP contribution is 2.21. The van der Waals surface area contributed by atoms with Crippen molar-refractivity contribution in [1.29, 1.82) is 0 Å². The Morgan fingerprint density at radius 3 is 2.11 bits per heavy atom. The molecule has 0 aromatic rings. The summed E-state index contributed by atoms with van der Waals surface area (Å²) in [6.45, 7) is 3.15. The van der Waals surface area contributed by atoms with Crippen molar-refractivity contribution in [3.8, 4) is 0 Å². The lowest BCUT2D eigenvalue weighted by molar-refractivity contribution is -0.164. The molecule has 0 aromatic carbocycles. The van der Waals surface area contributed by atoms with Gasteiger partial charge in [0.25, 0.3) is 0 Å². The average Bonchev–Trinajstić information content (AvgIpc) is 2.21. The molecule has 0 fully saturated rings. The zero-order chi connectivity index (χ0) is 14.6. The lowest BCUT2D eigenvalue weighted by Crippen LogP contribution is -2.39. The molecule has 0 radical (unpaired) electrons. The van der Waals surface area contributed by atoms with Gasteiger partial charge in [0.1, 0.15) is 13.2 Å². The highest BCUT2D eigenvalue weighted by atomic mass is 32.2. The van der Waals surface area contributed by atoms with E-state index >= 15 is 0 Å². The van der Waals surface area contributed by atoms with Crippen molar-refractivity contribution in [1.82, 2.24) is 0 Å². The molecular weight excluding hydrogens is 278 g/mol. The molecule has 104 valence electrons. The van der Waals surface area contributed by atoms with E-state index in [0.29, 0.717) is 0 Å². The molecular formula is C8H9F2O7S-. The molecule has 0 aromatic heterocycles. The first-order valence-electron chi connectivity index (χ1n) is 4.33. The van der Waals surface area contributed by atoms with Gasteiger partial charge in [-0.15, -0.1) is 0 Å². The number of esters is 2. The van der Waals surface area contributed by atoms with Crippen LogP contribution in [0.3, 0.4) is 0 Å². The third-order valence-corrected chi connectivity index (χ3v) is 2.24. The van der Waals surface area contributed by atoms with Gasteiger partial charge in [0, 0.05) is 5.57 Å². The Morgan fingerprint density at radius 2 is 1.72 bits per heavy atom. The van der Waals surface area contributed by atoms with Gasteiger partial charge in [0.05, 0.1) is 0 Å². The summed E-state index contributed by atoms with van der Waals surface area (Å²) < 4.78 is 63.3. The fourth-order valence-corrected chi connectivity index (χ4v) is 0.841. The maximum Gasteiger partial charge on any atom is 0.428 e. The normalized spacial score (nSPS) is 11.8. The standard InChI is InChI=1S/C8H10F2O7S/c1-5(2)6(11)16-3-4-17-7(12)8(9,10)18(13,14)15/h1,3-4H2,2H3,(H,13,14,15)/p-1. The maximum absolute atomic E-state index is 12.5. The van der Waals surface area contributed by atoms with E-state index in [1.165, 1.54) is 6.92 Å². The number of alkyl halides is 2. The highest BCUT2D eigenvalue weighted by molar-refractivity contribution is 7.87. The van der Waals surface area contributed by atoms with Crippen molar-refractivity contribution in [2.75, 3.05) is 13.2 Å². The first-order valence-corrected chi connectivity index (χ1v) is 5.74. The van der Waals surface area contributed by atoms with E-state index in [0.717, 1.165) is 0 Å². The molecule has 0 amide bonds. The van der Waals surface area contributed by atoms with Gasteiger partial charge in [0.2, 0.25) is 0 Å². The molecule has 0 atom stereocenters. The Morgan fingerprint density at radius 1 is 1.28 bits per heavy atom. The molecule has 18 heavy (non-hydrogen) atoms. The van der Waals surface area contributed by atoms with Crippen LogP contribution in [-0.2, 0) is 29.2 Å². The predicted octanol–water partition coefficient (Wildman–Crippen LogP) is -0.213. The monoisotopic (exact) mass is 287 g/mol. The second-order valence-corrected chi connectivity index (χ2v) is 4.44. The summed E-state index contributed by atoms with van der Waals surface area (Å²) in [7, 11) is -6.15. The Hall–Kier alpha value is -1.55. The largest absolute Gasteiger partial charge is 0.743 e. The van der Waals surface area contributed by atoms with E-state index in [4.69, 9.17) is 0 Å². The van der Waals surface area contributed by atoms with Crippen LogP contribution in [-0.4, -0.2) is 43.4 Å². The zero-order valence-corrected chi connectivity index (χ0v) is 9.96. The van der Waals surface area contributed by atoms with Crippen molar-refractivity contribution in [2.45, 2.75) is 12.2 Å². The summed E-state index contributed by atoms with van der Waals surface area (Å²) >= 11 is 0. The third kappa shape index (κ3) is 4.37. The van der Waals surface area contributed by atoms with Gasteiger partial charge in [-0.1, -0.05) is 6.58 Å². The van der Waals surface area contributed by atoms with Crippen LogP contribution in [0.1, 0.15) is 6.92 Å². The topological polar surface area (TPSA) is 110 Å². The molecule has 0 aliphatic heterocycles. The first-order chi connectivity index (χ1) is 8.00. The first kappa shape index (κ1) is 16.4.